The van der Waals surface area contributed by atoms with Crippen molar-refractivity contribution in [2.24, 2.45) is 0 Å². The van der Waals surface area contributed by atoms with Gasteiger partial charge >= 0.3 is 0 Å². The van der Waals surface area contributed by atoms with Gasteiger partial charge < -0.3 is 0 Å². The van der Waals surface area contributed by atoms with Crippen LogP contribution in [-0.2, 0) is 5.54 Å². The van der Waals surface area contributed by atoms with Gasteiger partial charge in [0.2, 0.25) is 0 Å². The quantitative estimate of drug-likeness (QED) is 0.240. The topological polar surface area (TPSA) is 17.8 Å². The summed E-state index contributed by atoms with van der Waals surface area (Å²) in [6.45, 7) is 0. The molecule has 0 N–H and O–H groups in total. The van der Waals surface area contributed by atoms with Crippen LogP contribution in [0.3, 0.4) is 0 Å². The van der Waals surface area contributed by atoms with Crippen molar-refractivity contribution in [3.63, 3.8) is 0 Å². The molecular formula is C28H20BrFN2. The highest BCUT2D eigenvalue weighted by Gasteiger charge is 2.39. The Hall–Kier alpha value is -3.50. The fourth-order valence-corrected chi connectivity index (χ4v) is 4.53. The van der Waals surface area contributed by atoms with Crippen LogP contribution < -0.4 is 0 Å². The predicted molar refractivity (Wildman–Crippen MR) is 130 cm³/mol. The van der Waals surface area contributed by atoms with Crippen LogP contribution in [0.5, 0.6) is 0 Å². The maximum Gasteiger partial charge on any atom is 0.138 e. The maximum absolute atomic E-state index is 14.5. The minimum Gasteiger partial charge on any atom is -0.253 e. The van der Waals surface area contributed by atoms with E-state index in [-0.39, 0.29) is 5.82 Å². The molecular weight excluding hydrogens is 463 g/mol. The molecule has 0 radical (unpaired) electrons. The average molecular weight is 483 g/mol. The lowest BCUT2D eigenvalue weighted by atomic mass is 9.77. The van der Waals surface area contributed by atoms with Crippen molar-refractivity contribution < 1.29 is 4.39 Å². The largest absolute Gasteiger partial charge is 0.253 e. The SMILES string of the molecule is Fc1ccccc1-c1ccn(C(c2ccccc2)(c2ccccc2)c2ccc(Br)cc2)n1. The van der Waals surface area contributed by atoms with E-state index in [1.54, 1.807) is 12.1 Å². The molecule has 5 rings (SSSR count). The molecule has 0 saturated carbocycles. The van der Waals surface area contributed by atoms with Crippen molar-refractivity contribution in [1.82, 2.24) is 9.78 Å². The van der Waals surface area contributed by atoms with Gasteiger partial charge in [-0.1, -0.05) is 101 Å². The van der Waals surface area contributed by atoms with Gasteiger partial charge in [-0.05, 0) is 47.0 Å². The summed E-state index contributed by atoms with van der Waals surface area (Å²) >= 11 is 3.56. The zero-order valence-electron chi connectivity index (χ0n) is 17.2. The second-order valence-electron chi connectivity index (χ2n) is 7.57. The van der Waals surface area contributed by atoms with Gasteiger partial charge in [-0.25, -0.2) is 4.39 Å². The molecule has 32 heavy (non-hydrogen) atoms. The first-order chi connectivity index (χ1) is 15.7. The van der Waals surface area contributed by atoms with Gasteiger partial charge in [-0.3, -0.25) is 4.68 Å². The lowest BCUT2D eigenvalue weighted by Gasteiger charge is -2.36. The van der Waals surface area contributed by atoms with Gasteiger partial charge in [0.15, 0.2) is 0 Å². The molecule has 5 aromatic rings. The van der Waals surface area contributed by atoms with Gasteiger partial charge in [-0.2, -0.15) is 5.10 Å². The molecule has 0 amide bonds. The minimum atomic E-state index is -0.729. The minimum absolute atomic E-state index is 0.286. The summed E-state index contributed by atoms with van der Waals surface area (Å²) in [6.07, 6.45) is 1.93. The van der Waals surface area contributed by atoms with Crippen LogP contribution in [0.4, 0.5) is 4.39 Å². The Morgan fingerprint density at radius 3 is 1.75 bits per heavy atom. The molecule has 1 heterocycles. The molecule has 0 spiro atoms. The summed E-state index contributed by atoms with van der Waals surface area (Å²) < 4.78 is 17.5. The van der Waals surface area contributed by atoms with Crippen LogP contribution in [0.2, 0.25) is 0 Å². The van der Waals surface area contributed by atoms with Crippen LogP contribution >= 0.6 is 15.9 Å². The smallest absolute Gasteiger partial charge is 0.138 e. The van der Waals surface area contributed by atoms with Crippen LogP contribution in [0, 0.1) is 5.82 Å². The number of rotatable bonds is 5. The fraction of sp³-hybridized carbons (Fsp3) is 0.0357. The third-order valence-corrected chi connectivity index (χ3v) is 6.26. The zero-order chi connectivity index (χ0) is 22.0. The van der Waals surface area contributed by atoms with Crippen molar-refractivity contribution in [2.75, 3.05) is 0 Å². The second kappa shape index (κ2) is 8.56. The first-order valence-electron chi connectivity index (χ1n) is 10.4. The molecule has 0 bridgehead atoms. The van der Waals surface area contributed by atoms with E-state index in [4.69, 9.17) is 5.10 Å². The van der Waals surface area contributed by atoms with Crippen LogP contribution in [0.25, 0.3) is 11.3 Å². The van der Waals surface area contributed by atoms with E-state index in [9.17, 15) is 4.39 Å². The Morgan fingerprint density at radius 2 is 1.16 bits per heavy atom. The van der Waals surface area contributed by atoms with Gasteiger partial charge in [-0.15, -0.1) is 0 Å². The van der Waals surface area contributed by atoms with E-state index < -0.39 is 5.54 Å². The molecule has 0 fully saturated rings. The first kappa shape index (κ1) is 20.4. The molecule has 156 valence electrons. The average Bonchev–Trinajstić information content (AvgIpc) is 3.33. The van der Waals surface area contributed by atoms with Gasteiger partial charge in [0, 0.05) is 16.2 Å². The second-order valence-corrected chi connectivity index (χ2v) is 8.49. The Labute approximate surface area is 195 Å². The number of benzene rings is 4. The number of hydrogen-bond donors (Lipinski definition) is 0. The van der Waals surface area contributed by atoms with Crippen molar-refractivity contribution in [3.05, 3.63) is 148 Å². The molecule has 4 heteroatoms. The number of nitrogens with zero attached hydrogens (tertiary/aromatic N) is 2. The zero-order valence-corrected chi connectivity index (χ0v) is 18.8. The van der Waals surface area contributed by atoms with Crippen molar-refractivity contribution in [2.45, 2.75) is 5.54 Å². The molecule has 0 aliphatic carbocycles. The number of aromatic nitrogens is 2. The molecule has 0 unspecified atom stereocenters. The van der Waals surface area contributed by atoms with E-state index in [0.717, 1.165) is 21.2 Å². The monoisotopic (exact) mass is 482 g/mol. The molecule has 0 atom stereocenters. The van der Waals surface area contributed by atoms with E-state index >= 15 is 0 Å². The maximum atomic E-state index is 14.5. The Morgan fingerprint density at radius 1 is 0.625 bits per heavy atom. The van der Waals surface area contributed by atoms with E-state index in [1.165, 1.54) is 6.07 Å². The third kappa shape index (κ3) is 3.47. The van der Waals surface area contributed by atoms with Crippen molar-refractivity contribution in [1.29, 1.82) is 0 Å². The molecule has 1 aromatic heterocycles. The van der Waals surface area contributed by atoms with Crippen LogP contribution in [0.1, 0.15) is 16.7 Å². The Balaban J connectivity index is 1.83. The standard InChI is InChI=1S/C28H20BrFN2/c29-24-17-15-23(16-18-24)28(21-9-3-1-4-10-21,22-11-5-2-6-12-22)32-20-19-27(31-32)25-13-7-8-14-26(25)30/h1-20H. The highest BCUT2D eigenvalue weighted by Crippen LogP contribution is 2.41. The first-order valence-corrected chi connectivity index (χ1v) is 11.2. The molecule has 0 aliphatic rings. The van der Waals surface area contributed by atoms with E-state index in [1.807, 2.05) is 71.5 Å². The fourth-order valence-electron chi connectivity index (χ4n) is 4.27. The summed E-state index contributed by atoms with van der Waals surface area (Å²) in [5.74, 6) is -0.286. The molecule has 0 aliphatic heterocycles. The van der Waals surface area contributed by atoms with Crippen LogP contribution in [-0.4, -0.2) is 9.78 Å². The van der Waals surface area contributed by atoms with Crippen LogP contribution in [0.15, 0.2) is 126 Å². The normalized spacial score (nSPS) is 11.4. The number of hydrogen-bond acceptors (Lipinski definition) is 1. The Kier molecular flexibility index (Phi) is 5.46. The third-order valence-electron chi connectivity index (χ3n) is 5.73. The molecule has 4 aromatic carbocycles. The van der Waals surface area contributed by atoms with Gasteiger partial charge in [0.05, 0.1) is 5.69 Å². The number of halogens is 2. The highest BCUT2D eigenvalue weighted by atomic mass is 79.9. The van der Waals surface area contributed by atoms with Crippen molar-refractivity contribution in [3.8, 4) is 11.3 Å². The summed E-state index contributed by atoms with van der Waals surface area (Å²) in [4.78, 5) is 0. The summed E-state index contributed by atoms with van der Waals surface area (Å²) in [7, 11) is 0. The lowest BCUT2D eigenvalue weighted by Crippen LogP contribution is -2.38. The van der Waals surface area contributed by atoms with E-state index in [2.05, 4.69) is 52.3 Å². The molecule has 2 nitrogen and oxygen atoms in total. The van der Waals surface area contributed by atoms with E-state index in [0.29, 0.717) is 11.3 Å². The Bertz CT molecular complexity index is 1290. The summed E-state index contributed by atoms with van der Waals surface area (Å²) in [5, 5.41) is 4.93. The lowest BCUT2D eigenvalue weighted by molar-refractivity contribution is 0.461. The molecule has 0 saturated heterocycles. The van der Waals surface area contributed by atoms with Gasteiger partial charge in [0.1, 0.15) is 11.4 Å². The predicted octanol–water partition coefficient (Wildman–Crippen LogP) is 7.29. The van der Waals surface area contributed by atoms with Crippen molar-refractivity contribution >= 4 is 15.9 Å². The highest BCUT2D eigenvalue weighted by molar-refractivity contribution is 9.10. The van der Waals surface area contributed by atoms with Gasteiger partial charge in [0.25, 0.3) is 0 Å². The summed E-state index contributed by atoms with van der Waals surface area (Å²) in [5.41, 5.74) is 3.54. The summed E-state index contributed by atoms with van der Waals surface area (Å²) in [6, 6.07) is 37.5.